The van der Waals surface area contributed by atoms with Crippen molar-refractivity contribution in [3.63, 3.8) is 0 Å². The Bertz CT molecular complexity index is 683. The van der Waals surface area contributed by atoms with Gasteiger partial charge in [-0.15, -0.1) is 0 Å². The Labute approximate surface area is 153 Å². The van der Waals surface area contributed by atoms with Crippen LogP contribution in [0.1, 0.15) is 61.4 Å². The summed E-state index contributed by atoms with van der Waals surface area (Å²) in [5, 5.41) is 9.09. The van der Waals surface area contributed by atoms with Crippen LogP contribution >= 0.6 is 0 Å². The van der Waals surface area contributed by atoms with Crippen molar-refractivity contribution in [3.8, 4) is 5.75 Å². The first kappa shape index (κ1) is 18.7. The number of unbranched alkanes of at least 4 members (excludes halogenated alkanes) is 1. The molecule has 26 heavy (non-hydrogen) atoms. The SMILES string of the molecule is CCCCOc1cc2c(cc1F)CN(CC1CCC(C(=O)O)CC1)C2=O. The molecule has 1 aliphatic carbocycles. The average Bonchev–Trinajstić information content (AvgIpc) is 2.91. The van der Waals surface area contributed by atoms with Crippen molar-refractivity contribution in [1.29, 1.82) is 0 Å². The van der Waals surface area contributed by atoms with E-state index in [2.05, 4.69) is 0 Å². The summed E-state index contributed by atoms with van der Waals surface area (Å²) in [4.78, 5) is 25.5. The van der Waals surface area contributed by atoms with E-state index < -0.39 is 11.8 Å². The molecule has 0 spiro atoms. The summed E-state index contributed by atoms with van der Waals surface area (Å²) in [5.74, 6) is -1.02. The summed E-state index contributed by atoms with van der Waals surface area (Å²) >= 11 is 0. The maximum atomic E-state index is 14.2. The van der Waals surface area contributed by atoms with Gasteiger partial charge >= 0.3 is 5.97 Å². The number of rotatable bonds is 7. The predicted molar refractivity (Wildman–Crippen MR) is 94.6 cm³/mol. The van der Waals surface area contributed by atoms with Crippen molar-refractivity contribution >= 4 is 11.9 Å². The first-order valence-electron chi connectivity index (χ1n) is 9.46. The van der Waals surface area contributed by atoms with Gasteiger partial charge in [-0.3, -0.25) is 9.59 Å². The van der Waals surface area contributed by atoms with Gasteiger partial charge in [0.05, 0.1) is 12.5 Å². The van der Waals surface area contributed by atoms with Gasteiger partial charge in [0.1, 0.15) is 0 Å². The average molecular weight is 363 g/mol. The number of carboxylic acids is 1. The Hall–Kier alpha value is -2.11. The van der Waals surface area contributed by atoms with Crippen molar-refractivity contribution in [1.82, 2.24) is 4.90 Å². The van der Waals surface area contributed by atoms with E-state index in [0.717, 1.165) is 25.7 Å². The van der Waals surface area contributed by atoms with E-state index in [4.69, 9.17) is 9.84 Å². The molecule has 1 aromatic rings. The summed E-state index contributed by atoms with van der Waals surface area (Å²) in [6.07, 6.45) is 4.77. The molecule has 1 heterocycles. The minimum absolute atomic E-state index is 0.0827. The lowest BCUT2D eigenvalue weighted by atomic mass is 9.82. The van der Waals surface area contributed by atoms with E-state index in [0.29, 0.717) is 49.6 Å². The molecule has 1 aromatic carbocycles. The molecule has 0 atom stereocenters. The minimum Gasteiger partial charge on any atom is -0.490 e. The quantitative estimate of drug-likeness (QED) is 0.747. The molecular formula is C20H26FNO4. The van der Waals surface area contributed by atoms with Crippen molar-refractivity contribution in [3.05, 3.63) is 29.1 Å². The zero-order valence-corrected chi connectivity index (χ0v) is 15.2. The van der Waals surface area contributed by atoms with Gasteiger partial charge in [0.2, 0.25) is 0 Å². The Kier molecular flexibility index (Phi) is 5.79. The summed E-state index contributed by atoms with van der Waals surface area (Å²) < 4.78 is 19.7. The van der Waals surface area contributed by atoms with Crippen molar-refractivity contribution in [2.24, 2.45) is 11.8 Å². The van der Waals surface area contributed by atoms with Gasteiger partial charge in [-0.25, -0.2) is 4.39 Å². The van der Waals surface area contributed by atoms with Crippen LogP contribution in [0.2, 0.25) is 0 Å². The van der Waals surface area contributed by atoms with Crippen LogP contribution in [0, 0.1) is 17.7 Å². The zero-order chi connectivity index (χ0) is 18.7. The predicted octanol–water partition coefficient (Wildman–Crippen LogP) is 3.85. The molecular weight excluding hydrogens is 337 g/mol. The van der Waals surface area contributed by atoms with Gasteiger partial charge in [0, 0.05) is 18.7 Å². The first-order valence-corrected chi connectivity index (χ1v) is 9.46. The maximum absolute atomic E-state index is 14.2. The van der Waals surface area contributed by atoms with Crippen molar-refractivity contribution in [2.45, 2.75) is 52.0 Å². The third-order valence-electron chi connectivity index (χ3n) is 5.47. The molecule has 1 fully saturated rings. The van der Waals surface area contributed by atoms with Crippen molar-refractivity contribution < 1.29 is 23.8 Å². The molecule has 3 rings (SSSR count). The molecule has 1 saturated carbocycles. The van der Waals surface area contributed by atoms with Gasteiger partial charge in [-0.05, 0) is 55.7 Å². The van der Waals surface area contributed by atoms with E-state index in [1.54, 1.807) is 4.90 Å². The van der Waals surface area contributed by atoms with Crippen LogP contribution in [0.4, 0.5) is 4.39 Å². The van der Waals surface area contributed by atoms with E-state index in [1.165, 1.54) is 12.1 Å². The second-order valence-corrected chi connectivity index (χ2v) is 7.38. The highest BCUT2D eigenvalue weighted by atomic mass is 19.1. The molecule has 0 unspecified atom stereocenters. The van der Waals surface area contributed by atoms with Crippen LogP contribution in [0.25, 0.3) is 0 Å². The highest BCUT2D eigenvalue weighted by molar-refractivity contribution is 5.98. The number of carbonyl (C=O) groups excluding carboxylic acids is 1. The lowest BCUT2D eigenvalue weighted by Crippen LogP contribution is -2.32. The smallest absolute Gasteiger partial charge is 0.306 e. The highest BCUT2D eigenvalue weighted by Crippen LogP contribution is 2.33. The summed E-state index contributed by atoms with van der Waals surface area (Å²) in [6.45, 7) is 3.50. The zero-order valence-electron chi connectivity index (χ0n) is 15.2. The van der Waals surface area contributed by atoms with Gasteiger partial charge in [0.25, 0.3) is 5.91 Å². The largest absolute Gasteiger partial charge is 0.490 e. The van der Waals surface area contributed by atoms with Gasteiger partial charge in [-0.1, -0.05) is 13.3 Å². The molecule has 1 aliphatic heterocycles. The summed E-state index contributed by atoms with van der Waals surface area (Å²) in [6, 6.07) is 2.94. The van der Waals surface area contributed by atoms with Crippen LogP contribution in [-0.4, -0.2) is 35.0 Å². The van der Waals surface area contributed by atoms with Gasteiger partial charge in [0.15, 0.2) is 11.6 Å². The van der Waals surface area contributed by atoms with Crippen LogP contribution in [-0.2, 0) is 11.3 Å². The van der Waals surface area contributed by atoms with Gasteiger partial charge in [-0.2, -0.15) is 0 Å². The molecule has 1 amide bonds. The molecule has 0 aromatic heterocycles. The number of hydrogen-bond donors (Lipinski definition) is 1. The van der Waals surface area contributed by atoms with E-state index in [-0.39, 0.29) is 17.6 Å². The molecule has 0 saturated heterocycles. The summed E-state index contributed by atoms with van der Waals surface area (Å²) in [5.41, 5.74) is 1.23. The monoisotopic (exact) mass is 363 g/mol. The maximum Gasteiger partial charge on any atom is 0.306 e. The molecule has 2 aliphatic rings. The van der Waals surface area contributed by atoms with Gasteiger partial charge < -0.3 is 14.7 Å². The number of amides is 1. The molecule has 6 heteroatoms. The normalized spacial score (nSPS) is 22.4. The van der Waals surface area contributed by atoms with E-state index in [1.807, 2.05) is 6.92 Å². The lowest BCUT2D eigenvalue weighted by Gasteiger charge is -2.29. The third kappa shape index (κ3) is 4.00. The highest BCUT2D eigenvalue weighted by Gasteiger charge is 2.33. The minimum atomic E-state index is -0.723. The van der Waals surface area contributed by atoms with Crippen LogP contribution in [0.3, 0.4) is 0 Å². The van der Waals surface area contributed by atoms with E-state index in [9.17, 15) is 14.0 Å². The lowest BCUT2D eigenvalue weighted by molar-refractivity contribution is -0.143. The summed E-state index contributed by atoms with van der Waals surface area (Å²) in [7, 11) is 0. The fourth-order valence-corrected chi connectivity index (χ4v) is 3.86. The first-order chi connectivity index (χ1) is 12.5. The molecule has 1 N–H and O–H groups in total. The number of nitrogens with zero attached hydrogens (tertiary/aromatic N) is 1. The number of hydrogen-bond acceptors (Lipinski definition) is 3. The number of aliphatic carboxylic acids is 1. The second kappa shape index (κ2) is 8.06. The fourth-order valence-electron chi connectivity index (χ4n) is 3.86. The Morgan fingerprint density at radius 2 is 2.04 bits per heavy atom. The second-order valence-electron chi connectivity index (χ2n) is 7.38. The van der Waals surface area contributed by atoms with Crippen LogP contribution in [0.5, 0.6) is 5.75 Å². The fraction of sp³-hybridized carbons (Fsp3) is 0.600. The molecule has 142 valence electrons. The molecule has 0 radical (unpaired) electrons. The number of fused-ring (bicyclic) bond motifs is 1. The van der Waals surface area contributed by atoms with Crippen LogP contribution in [0.15, 0.2) is 12.1 Å². The number of halogens is 1. The molecule has 0 bridgehead atoms. The third-order valence-corrected chi connectivity index (χ3v) is 5.47. The number of carboxylic acid groups (broad SMARTS) is 1. The topological polar surface area (TPSA) is 66.8 Å². The Balaban J connectivity index is 1.62. The molecule has 5 nitrogen and oxygen atoms in total. The Morgan fingerprint density at radius 1 is 1.31 bits per heavy atom. The van der Waals surface area contributed by atoms with Crippen molar-refractivity contribution in [2.75, 3.05) is 13.2 Å². The number of carbonyl (C=O) groups is 2. The number of benzene rings is 1. The standard InChI is InChI=1S/C20H26FNO4/c1-2-3-8-26-18-10-16-15(9-17(18)21)12-22(19(16)23)11-13-4-6-14(7-5-13)20(24)25/h9-10,13-14H,2-8,11-12H2,1H3,(H,24,25). The Morgan fingerprint density at radius 3 is 2.69 bits per heavy atom. The number of ether oxygens (including phenoxy) is 1. The van der Waals surface area contributed by atoms with Crippen LogP contribution < -0.4 is 4.74 Å². The van der Waals surface area contributed by atoms with E-state index >= 15 is 0 Å².